The van der Waals surface area contributed by atoms with Gasteiger partial charge in [0.15, 0.2) is 6.29 Å². The van der Waals surface area contributed by atoms with Gasteiger partial charge < -0.3 is 0 Å². The van der Waals surface area contributed by atoms with Crippen LogP contribution in [-0.2, 0) is 6.42 Å². The van der Waals surface area contributed by atoms with Gasteiger partial charge in [-0.2, -0.15) is 0 Å². The highest BCUT2D eigenvalue weighted by Gasteiger charge is 2.25. The Balaban J connectivity index is 2.03. The minimum Gasteiger partial charge on any atom is -0.298 e. The lowest BCUT2D eigenvalue weighted by Crippen LogP contribution is -2.00. The van der Waals surface area contributed by atoms with Gasteiger partial charge in [0.1, 0.15) is 0 Å². The standard InChI is InChI=1S/C14H12N2O/c17-9-10-6-12(8-15-7-10)13-4-3-11-2-1-5-16-14(11)13/h1-2,5-9,13H,3-4H2. The number of carbonyl (C=O) groups excluding carboxylic acids is 1. The van der Waals surface area contributed by atoms with Crippen LogP contribution in [0.15, 0.2) is 36.8 Å². The average molecular weight is 224 g/mol. The second-order valence-electron chi connectivity index (χ2n) is 4.31. The molecular weight excluding hydrogens is 212 g/mol. The summed E-state index contributed by atoms with van der Waals surface area (Å²) in [5.74, 6) is 0.290. The highest BCUT2D eigenvalue weighted by molar-refractivity contribution is 5.74. The van der Waals surface area contributed by atoms with Crippen molar-refractivity contribution in [2.24, 2.45) is 0 Å². The predicted molar refractivity (Wildman–Crippen MR) is 64.0 cm³/mol. The van der Waals surface area contributed by atoms with E-state index in [4.69, 9.17) is 0 Å². The summed E-state index contributed by atoms with van der Waals surface area (Å²) < 4.78 is 0. The van der Waals surface area contributed by atoms with Crippen molar-refractivity contribution in [2.45, 2.75) is 18.8 Å². The molecule has 0 bridgehead atoms. The van der Waals surface area contributed by atoms with Gasteiger partial charge in [-0.3, -0.25) is 14.8 Å². The third-order valence-corrected chi connectivity index (χ3v) is 3.28. The number of pyridine rings is 2. The Morgan fingerprint density at radius 3 is 3.18 bits per heavy atom. The van der Waals surface area contributed by atoms with E-state index in [2.05, 4.69) is 16.0 Å². The molecule has 0 aromatic carbocycles. The quantitative estimate of drug-likeness (QED) is 0.735. The maximum Gasteiger partial charge on any atom is 0.151 e. The van der Waals surface area contributed by atoms with Crippen LogP contribution in [0.5, 0.6) is 0 Å². The summed E-state index contributed by atoms with van der Waals surface area (Å²) in [5.41, 5.74) is 4.17. The average Bonchev–Trinajstić information content (AvgIpc) is 2.82. The minimum absolute atomic E-state index is 0.290. The van der Waals surface area contributed by atoms with E-state index in [1.807, 2.05) is 24.5 Å². The summed E-state index contributed by atoms with van der Waals surface area (Å²) in [6.45, 7) is 0. The summed E-state index contributed by atoms with van der Waals surface area (Å²) in [6.07, 6.45) is 8.20. The molecule has 2 heterocycles. The molecule has 1 atom stereocenters. The Hall–Kier alpha value is -2.03. The van der Waals surface area contributed by atoms with Crippen LogP contribution in [0.3, 0.4) is 0 Å². The van der Waals surface area contributed by atoms with Crippen molar-refractivity contribution in [3.8, 4) is 0 Å². The molecule has 2 aromatic heterocycles. The molecule has 3 nitrogen and oxygen atoms in total. The van der Waals surface area contributed by atoms with Crippen molar-refractivity contribution in [2.75, 3.05) is 0 Å². The Morgan fingerprint density at radius 1 is 1.35 bits per heavy atom. The molecule has 0 aliphatic heterocycles. The van der Waals surface area contributed by atoms with Crippen molar-refractivity contribution in [1.82, 2.24) is 9.97 Å². The first-order valence-corrected chi connectivity index (χ1v) is 5.72. The van der Waals surface area contributed by atoms with Crippen LogP contribution < -0.4 is 0 Å². The van der Waals surface area contributed by atoms with E-state index in [0.717, 1.165) is 30.4 Å². The lowest BCUT2D eigenvalue weighted by Gasteiger charge is -2.10. The summed E-state index contributed by atoms with van der Waals surface area (Å²) in [6, 6.07) is 6.01. The Kier molecular flexibility index (Phi) is 2.44. The van der Waals surface area contributed by atoms with Gasteiger partial charge in [0.25, 0.3) is 0 Å². The molecule has 1 aliphatic rings. The van der Waals surface area contributed by atoms with Crippen molar-refractivity contribution >= 4 is 6.29 Å². The summed E-state index contributed by atoms with van der Waals surface area (Å²) >= 11 is 0. The maximum absolute atomic E-state index is 10.8. The Bertz CT molecular complexity index is 566. The predicted octanol–water partition coefficient (Wildman–Crippen LogP) is 2.37. The van der Waals surface area contributed by atoms with Gasteiger partial charge in [-0.05, 0) is 36.1 Å². The second-order valence-corrected chi connectivity index (χ2v) is 4.31. The maximum atomic E-state index is 10.8. The molecule has 84 valence electrons. The lowest BCUT2D eigenvalue weighted by atomic mass is 9.97. The highest BCUT2D eigenvalue weighted by Crippen LogP contribution is 2.36. The molecule has 3 rings (SSSR count). The number of aromatic nitrogens is 2. The van der Waals surface area contributed by atoms with E-state index in [0.29, 0.717) is 11.5 Å². The zero-order valence-electron chi connectivity index (χ0n) is 9.34. The zero-order valence-corrected chi connectivity index (χ0v) is 9.34. The molecule has 2 aromatic rings. The number of nitrogens with zero attached hydrogens (tertiary/aromatic N) is 2. The fourth-order valence-electron chi connectivity index (χ4n) is 2.47. The molecule has 3 heteroatoms. The molecule has 1 unspecified atom stereocenters. The lowest BCUT2D eigenvalue weighted by molar-refractivity contribution is 0.112. The fraction of sp³-hybridized carbons (Fsp3) is 0.214. The number of fused-ring (bicyclic) bond motifs is 1. The number of hydrogen-bond donors (Lipinski definition) is 0. The number of aldehydes is 1. The molecule has 0 saturated heterocycles. The zero-order chi connectivity index (χ0) is 11.7. The van der Waals surface area contributed by atoms with Gasteiger partial charge in [0.2, 0.25) is 0 Å². The van der Waals surface area contributed by atoms with Crippen molar-refractivity contribution in [3.63, 3.8) is 0 Å². The van der Waals surface area contributed by atoms with Crippen molar-refractivity contribution in [1.29, 1.82) is 0 Å². The normalized spacial score (nSPS) is 17.8. The second kappa shape index (κ2) is 4.09. The number of aryl methyl sites for hydroxylation is 1. The minimum atomic E-state index is 0.290. The van der Waals surface area contributed by atoms with Crippen LogP contribution in [0, 0.1) is 0 Å². The van der Waals surface area contributed by atoms with Crippen LogP contribution in [0.2, 0.25) is 0 Å². The Morgan fingerprint density at radius 2 is 2.29 bits per heavy atom. The van der Waals surface area contributed by atoms with Gasteiger partial charge in [-0.25, -0.2) is 0 Å². The van der Waals surface area contributed by atoms with E-state index in [1.165, 1.54) is 5.56 Å². The molecular formula is C14H12N2O. The number of hydrogen-bond acceptors (Lipinski definition) is 3. The first-order valence-electron chi connectivity index (χ1n) is 5.72. The van der Waals surface area contributed by atoms with Gasteiger partial charge in [-0.1, -0.05) is 6.07 Å². The van der Waals surface area contributed by atoms with Gasteiger partial charge in [-0.15, -0.1) is 0 Å². The van der Waals surface area contributed by atoms with E-state index < -0.39 is 0 Å². The third-order valence-electron chi connectivity index (χ3n) is 3.28. The van der Waals surface area contributed by atoms with E-state index in [9.17, 15) is 4.79 Å². The molecule has 0 amide bonds. The summed E-state index contributed by atoms with van der Waals surface area (Å²) in [7, 11) is 0. The SMILES string of the molecule is O=Cc1cncc(C2CCc3cccnc32)c1. The van der Waals surface area contributed by atoms with E-state index >= 15 is 0 Å². The highest BCUT2D eigenvalue weighted by atomic mass is 16.1. The molecule has 1 aliphatic carbocycles. The van der Waals surface area contributed by atoms with Gasteiger partial charge >= 0.3 is 0 Å². The van der Waals surface area contributed by atoms with E-state index in [-0.39, 0.29) is 0 Å². The fourth-order valence-corrected chi connectivity index (χ4v) is 2.47. The Labute approximate surface area is 99.5 Å². The van der Waals surface area contributed by atoms with Gasteiger partial charge in [0, 0.05) is 30.1 Å². The van der Waals surface area contributed by atoms with Crippen LogP contribution >= 0.6 is 0 Å². The molecule has 17 heavy (non-hydrogen) atoms. The summed E-state index contributed by atoms with van der Waals surface area (Å²) in [4.78, 5) is 19.3. The van der Waals surface area contributed by atoms with E-state index in [1.54, 1.807) is 6.20 Å². The van der Waals surface area contributed by atoms with Crippen LogP contribution in [0.25, 0.3) is 0 Å². The third kappa shape index (κ3) is 1.73. The van der Waals surface area contributed by atoms with Crippen LogP contribution in [-0.4, -0.2) is 16.3 Å². The van der Waals surface area contributed by atoms with Crippen LogP contribution in [0.4, 0.5) is 0 Å². The number of carbonyl (C=O) groups is 1. The molecule has 0 radical (unpaired) electrons. The largest absolute Gasteiger partial charge is 0.298 e. The first-order chi connectivity index (χ1) is 8.38. The smallest absolute Gasteiger partial charge is 0.151 e. The van der Waals surface area contributed by atoms with Crippen molar-refractivity contribution in [3.05, 3.63) is 59.2 Å². The molecule has 0 saturated carbocycles. The number of rotatable bonds is 2. The molecule has 0 spiro atoms. The molecule has 0 N–H and O–H groups in total. The monoisotopic (exact) mass is 224 g/mol. The topological polar surface area (TPSA) is 42.9 Å². The van der Waals surface area contributed by atoms with Crippen molar-refractivity contribution < 1.29 is 4.79 Å². The summed E-state index contributed by atoms with van der Waals surface area (Å²) in [5, 5.41) is 0. The first kappa shape index (κ1) is 10.1. The van der Waals surface area contributed by atoms with Crippen LogP contribution in [0.1, 0.15) is 39.5 Å². The van der Waals surface area contributed by atoms with Gasteiger partial charge in [0.05, 0.1) is 5.69 Å². The molecule has 0 fully saturated rings.